The van der Waals surface area contributed by atoms with Gasteiger partial charge in [0.2, 0.25) is 11.8 Å². The number of carbonyl (C=O) groups is 1. The van der Waals surface area contributed by atoms with E-state index in [0.29, 0.717) is 27.6 Å². The molecule has 0 bridgehead atoms. The molecule has 0 fully saturated rings. The van der Waals surface area contributed by atoms with Crippen molar-refractivity contribution < 1.29 is 13.9 Å². The van der Waals surface area contributed by atoms with Crippen molar-refractivity contribution in [1.82, 2.24) is 10.2 Å². The minimum atomic E-state index is -0.445. The van der Waals surface area contributed by atoms with E-state index in [1.807, 2.05) is 24.3 Å². The van der Waals surface area contributed by atoms with Crippen molar-refractivity contribution in [3.05, 3.63) is 47.5 Å². The van der Waals surface area contributed by atoms with Gasteiger partial charge in [0, 0.05) is 30.0 Å². The highest BCUT2D eigenvalue weighted by Crippen LogP contribution is 2.30. The zero-order chi connectivity index (χ0) is 22.4. The van der Waals surface area contributed by atoms with E-state index in [9.17, 15) is 4.79 Å². The number of ether oxygens (including phenoxy) is 1. The fraction of sp³-hybridized carbons (Fsp3) is 0.318. The van der Waals surface area contributed by atoms with Crippen LogP contribution >= 0.6 is 23.4 Å². The van der Waals surface area contributed by atoms with Crippen LogP contribution in [0.3, 0.4) is 0 Å². The number of amides is 1. The summed E-state index contributed by atoms with van der Waals surface area (Å²) in [5.74, 6) is 0.767. The van der Waals surface area contributed by atoms with Crippen LogP contribution in [0.5, 0.6) is 5.75 Å². The molecular weight excluding hydrogens is 436 g/mol. The molecular formula is C22H25ClN4O3S. The van der Waals surface area contributed by atoms with Gasteiger partial charge in [0.15, 0.2) is 0 Å². The molecule has 1 unspecified atom stereocenters. The predicted octanol–water partition coefficient (Wildman–Crippen LogP) is 5.36. The molecule has 1 N–H and O–H groups in total. The van der Waals surface area contributed by atoms with Crippen LogP contribution in [0.1, 0.15) is 20.8 Å². The number of nitrogens with one attached hydrogen (secondary N) is 1. The Morgan fingerprint density at radius 1 is 1.19 bits per heavy atom. The van der Waals surface area contributed by atoms with Gasteiger partial charge in [-0.2, -0.15) is 0 Å². The molecule has 1 atom stereocenters. The summed E-state index contributed by atoms with van der Waals surface area (Å²) in [6.07, 6.45) is 0. The van der Waals surface area contributed by atoms with Crippen molar-refractivity contribution in [3.8, 4) is 17.2 Å². The van der Waals surface area contributed by atoms with E-state index in [-0.39, 0.29) is 5.91 Å². The first-order chi connectivity index (χ1) is 14.9. The molecule has 31 heavy (non-hydrogen) atoms. The molecule has 0 saturated carbocycles. The molecule has 9 heteroatoms. The van der Waals surface area contributed by atoms with E-state index < -0.39 is 5.25 Å². The summed E-state index contributed by atoms with van der Waals surface area (Å²) in [7, 11) is 1.54. The van der Waals surface area contributed by atoms with Crippen LogP contribution in [0.4, 0.5) is 11.4 Å². The smallest absolute Gasteiger partial charge is 0.277 e. The number of carbonyl (C=O) groups excluding carboxylic acids is 1. The third-order valence-corrected chi connectivity index (χ3v) is 5.95. The Labute approximate surface area is 191 Å². The molecule has 0 aliphatic heterocycles. The van der Waals surface area contributed by atoms with Gasteiger partial charge in [-0.05, 0) is 63.2 Å². The Morgan fingerprint density at radius 3 is 2.52 bits per heavy atom. The second-order valence-corrected chi connectivity index (χ2v) is 8.39. The maximum atomic E-state index is 12.5. The number of methoxy groups -OCH3 is 1. The molecule has 164 valence electrons. The molecule has 0 aliphatic carbocycles. The molecule has 2 aromatic carbocycles. The Kier molecular flexibility index (Phi) is 7.81. The fourth-order valence-corrected chi connectivity index (χ4v) is 3.91. The third-order valence-electron chi connectivity index (χ3n) is 4.72. The van der Waals surface area contributed by atoms with Crippen LogP contribution in [0.2, 0.25) is 5.02 Å². The van der Waals surface area contributed by atoms with Crippen LogP contribution in [0, 0.1) is 0 Å². The van der Waals surface area contributed by atoms with Gasteiger partial charge in [0.05, 0.1) is 17.4 Å². The monoisotopic (exact) mass is 460 g/mol. The quantitative estimate of drug-likeness (QED) is 0.430. The Hall–Kier alpha value is -2.71. The molecule has 3 aromatic rings. The Bertz CT molecular complexity index is 1020. The van der Waals surface area contributed by atoms with Crippen molar-refractivity contribution in [2.24, 2.45) is 0 Å². The van der Waals surface area contributed by atoms with Crippen molar-refractivity contribution in [2.45, 2.75) is 31.2 Å². The van der Waals surface area contributed by atoms with E-state index in [4.69, 9.17) is 20.8 Å². The number of anilines is 2. The lowest BCUT2D eigenvalue weighted by atomic mass is 10.2. The van der Waals surface area contributed by atoms with Gasteiger partial charge < -0.3 is 19.4 Å². The van der Waals surface area contributed by atoms with Gasteiger partial charge >= 0.3 is 0 Å². The van der Waals surface area contributed by atoms with Crippen LogP contribution in [0.15, 0.2) is 52.1 Å². The maximum Gasteiger partial charge on any atom is 0.277 e. The van der Waals surface area contributed by atoms with Crippen LogP contribution in [-0.2, 0) is 4.79 Å². The summed E-state index contributed by atoms with van der Waals surface area (Å²) < 4.78 is 10.9. The van der Waals surface area contributed by atoms with E-state index in [1.165, 1.54) is 18.9 Å². The maximum absolute atomic E-state index is 12.5. The molecule has 1 heterocycles. The summed E-state index contributed by atoms with van der Waals surface area (Å²) in [6.45, 7) is 7.91. The van der Waals surface area contributed by atoms with Crippen molar-refractivity contribution in [1.29, 1.82) is 0 Å². The fourth-order valence-electron chi connectivity index (χ4n) is 2.97. The van der Waals surface area contributed by atoms with Gasteiger partial charge in [-0.1, -0.05) is 23.4 Å². The van der Waals surface area contributed by atoms with Crippen LogP contribution in [0.25, 0.3) is 11.5 Å². The van der Waals surface area contributed by atoms with Crippen molar-refractivity contribution in [2.75, 3.05) is 30.4 Å². The standard InChI is InChI=1S/C22H25ClN4O3S/c1-5-27(6-2)17-10-7-15(8-11-17)21-25-26-22(30-21)31-14(3)20(28)24-16-9-12-19(29-4)18(23)13-16/h7-14H,5-6H2,1-4H3,(H,24,28). The lowest BCUT2D eigenvalue weighted by Gasteiger charge is -2.20. The lowest BCUT2D eigenvalue weighted by Crippen LogP contribution is -2.22. The Morgan fingerprint density at radius 2 is 1.90 bits per heavy atom. The first kappa shape index (κ1) is 23.0. The molecule has 0 saturated heterocycles. The molecule has 3 rings (SSSR count). The minimum absolute atomic E-state index is 0.199. The molecule has 1 aromatic heterocycles. The number of hydrogen-bond acceptors (Lipinski definition) is 7. The molecule has 1 amide bonds. The molecule has 0 aliphatic rings. The molecule has 0 radical (unpaired) electrons. The average molecular weight is 461 g/mol. The number of hydrogen-bond donors (Lipinski definition) is 1. The zero-order valence-electron chi connectivity index (χ0n) is 17.9. The van der Waals surface area contributed by atoms with Crippen LogP contribution < -0.4 is 15.0 Å². The molecule has 7 nitrogen and oxygen atoms in total. The number of halogens is 1. The lowest BCUT2D eigenvalue weighted by molar-refractivity contribution is -0.115. The van der Waals surface area contributed by atoms with Gasteiger partial charge in [-0.3, -0.25) is 4.79 Å². The van der Waals surface area contributed by atoms with E-state index in [1.54, 1.807) is 25.1 Å². The SMILES string of the molecule is CCN(CC)c1ccc(-c2nnc(SC(C)C(=O)Nc3ccc(OC)c(Cl)c3)o2)cc1. The number of thioether (sulfide) groups is 1. The average Bonchev–Trinajstić information content (AvgIpc) is 3.23. The number of aromatic nitrogens is 2. The second kappa shape index (κ2) is 10.5. The van der Waals surface area contributed by atoms with Gasteiger partial charge in [-0.15, -0.1) is 10.2 Å². The summed E-state index contributed by atoms with van der Waals surface area (Å²) in [6, 6.07) is 13.1. The Balaban J connectivity index is 1.62. The summed E-state index contributed by atoms with van der Waals surface area (Å²) in [4.78, 5) is 14.8. The topological polar surface area (TPSA) is 80.5 Å². The van der Waals surface area contributed by atoms with Crippen molar-refractivity contribution in [3.63, 3.8) is 0 Å². The highest BCUT2D eigenvalue weighted by molar-refractivity contribution is 8.00. The first-order valence-corrected chi connectivity index (χ1v) is 11.2. The third kappa shape index (κ3) is 5.71. The summed E-state index contributed by atoms with van der Waals surface area (Å²) in [5.41, 5.74) is 2.56. The highest BCUT2D eigenvalue weighted by Gasteiger charge is 2.19. The highest BCUT2D eigenvalue weighted by atomic mass is 35.5. The normalized spacial score (nSPS) is 11.8. The van der Waals surface area contributed by atoms with Crippen molar-refractivity contribution >= 4 is 40.6 Å². The summed E-state index contributed by atoms with van der Waals surface area (Å²) in [5, 5.41) is 11.3. The van der Waals surface area contributed by atoms with E-state index in [2.05, 4.69) is 34.3 Å². The minimum Gasteiger partial charge on any atom is -0.495 e. The summed E-state index contributed by atoms with van der Waals surface area (Å²) >= 11 is 7.30. The van der Waals surface area contributed by atoms with Gasteiger partial charge in [0.25, 0.3) is 5.22 Å². The zero-order valence-corrected chi connectivity index (χ0v) is 19.5. The van der Waals surface area contributed by atoms with Crippen LogP contribution in [-0.4, -0.2) is 41.6 Å². The first-order valence-electron chi connectivity index (χ1n) is 9.95. The van der Waals surface area contributed by atoms with E-state index >= 15 is 0 Å². The largest absolute Gasteiger partial charge is 0.495 e. The number of benzene rings is 2. The van der Waals surface area contributed by atoms with E-state index in [0.717, 1.165) is 24.3 Å². The molecule has 0 spiro atoms. The number of nitrogens with zero attached hydrogens (tertiary/aromatic N) is 3. The van der Waals surface area contributed by atoms with Gasteiger partial charge in [0.1, 0.15) is 5.75 Å². The number of rotatable bonds is 9. The van der Waals surface area contributed by atoms with Gasteiger partial charge in [-0.25, -0.2) is 0 Å². The predicted molar refractivity (Wildman–Crippen MR) is 125 cm³/mol. The second-order valence-electron chi connectivity index (χ2n) is 6.69.